The largest absolute Gasteiger partial charge is 0.332 e. The van der Waals surface area contributed by atoms with Crippen LogP contribution in [-0.2, 0) is 7.05 Å². The van der Waals surface area contributed by atoms with Crippen molar-refractivity contribution < 1.29 is 0 Å². The van der Waals surface area contributed by atoms with E-state index >= 15 is 0 Å². The standard InChI is InChI=1S/C10H16N4S/c1-4-8-5-11-10(15-8)12-9-6-14(3)13-7(9)2/h6,8H,4-5H2,1-3H3,(H,11,12). The molecule has 0 fully saturated rings. The first kappa shape index (κ1) is 10.5. The average molecular weight is 224 g/mol. The highest BCUT2D eigenvalue weighted by molar-refractivity contribution is 8.15. The second-order valence-electron chi connectivity index (χ2n) is 3.72. The van der Waals surface area contributed by atoms with Crippen LogP contribution in [0.4, 0.5) is 5.69 Å². The molecule has 1 atom stereocenters. The molecule has 1 N–H and O–H groups in total. The summed E-state index contributed by atoms with van der Waals surface area (Å²) in [4.78, 5) is 4.47. The highest BCUT2D eigenvalue weighted by Gasteiger charge is 2.18. The van der Waals surface area contributed by atoms with Crippen molar-refractivity contribution in [2.24, 2.45) is 12.0 Å². The third kappa shape index (κ3) is 2.34. The van der Waals surface area contributed by atoms with Gasteiger partial charge in [0.2, 0.25) is 0 Å². The predicted octanol–water partition coefficient (Wildman–Crippen LogP) is 2.02. The molecule has 2 heterocycles. The zero-order valence-corrected chi connectivity index (χ0v) is 10.1. The quantitative estimate of drug-likeness (QED) is 0.835. The molecule has 0 radical (unpaired) electrons. The van der Waals surface area contributed by atoms with Crippen molar-refractivity contribution in [2.45, 2.75) is 25.5 Å². The van der Waals surface area contributed by atoms with Gasteiger partial charge in [-0.1, -0.05) is 18.7 Å². The molecule has 0 saturated carbocycles. The fraction of sp³-hybridized carbons (Fsp3) is 0.600. The van der Waals surface area contributed by atoms with Crippen LogP contribution in [0.15, 0.2) is 11.2 Å². The van der Waals surface area contributed by atoms with Crippen molar-refractivity contribution in [3.8, 4) is 0 Å². The average Bonchev–Trinajstić information content (AvgIpc) is 2.75. The van der Waals surface area contributed by atoms with Gasteiger partial charge in [-0.25, -0.2) is 0 Å². The molecular weight excluding hydrogens is 208 g/mol. The first-order valence-electron chi connectivity index (χ1n) is 5.17. The molecule has 0 amide bonds. The molecule has 4 nitrogen and oxygen atoms in total. The van der Waals surface area contributed by atoms with E-state index in [-0.39, 0.29) is 0 Å². The number of nitrogens with one attached hydrogen (secondary N) is 1. The Hall–Kier alpha value is -0.970. The number of hydrogen-bond acceptors (Lipinski definition) is 4. The molecule has 2 rings (SSSR count). The van der Waals surface area contributed by atoms with Crippen LogP contribution in [0.25, 0.3) is 0 Å². The fourth-order valence-corrected chi connectivity index (χ4v) is 2.49. The van der Waals surface area contributed by atoms with Gasteiger partial charge in [0.25, 0.3) is 0 Å². The van der Waals surface area contributed by atoms with E-state index in [1.54, 1.807) is 0 Å². The molecule has 1 aliphatic heterocycles. The third-order valence-electron chi connectivity index (χ3n) is 2.43. The third-order valence-corrected chi connectivity index (χ3v) is 3.70. The molecule has 1 aliphatic rings. The van der Waals surface area contributed by atoms with E-state index < -0.39 is 0 Å². The molecule has 0 bridgehead atoms. The minimum atomic E-state index is 0.643. The van der Waals surface area contributed by atoms with Crippen LogP contribution in [0.2, 0.25) is 0 Å². The van der Waals surface area contributed by atoms with Gasteiger partial charge < -0.3 is 5.32 Å². The molecule has 0 saturated heterocycles. The smallest absolute Gasteiger partial charge is 0.161 e. The Balaban J connectivity index is 2.01. The summed E-state index contributed by atoms with van der Waals surface area (Å²) in [6.45, 7) is 5.13. The molecule has 0 aromatic carbocycles. The number of anilines is 1. The van der Waals surface area contributed by atoms with Crippen LogP contribution in [0, 0.1) is 6.92 Å². The summed E-state index contributed by atoms with van der Waals surface area (Å²) in [5, 5.41) is 9.28. The van der Waals surface area contributed by atoms with Gasteiger partial charge in [-0.3, -0.25) is 9.67 Å². The first-order valence-corrected chi connectivity index (χ1v) is 6.05. The van der Waals surface area contributed by atoms with Crippen molar-refractivity contribution in [1.82, 2.24) is 9.78 Å². The summed E-state index contributed by atoms with van der Waals surface area (Å²) in [6.07, 6.45) is 3.16. The number of rotatable bonds is 2. The molecule has 82 valence electrons. The van der Waals surface area contributed by atoms with E-state index in [0.717, 1.165) is 23.1 Å². The van der Waals surface area contributed by atoms with E-state index in [1.165, 1.54) is 6.42 Å². The SMILES string of the molecule is CCC1CN=C(Nc2cn(C)nc2C)S1. The normalized spacial score (nSPS) is 20.5. The number of hydrogen-bond donors (Lipinski definition) is 1. The molecule has 1 aromatic rings. The topological polar surface area (TPSA) is 42.2 Å². The number of aromatic nitrogens is 2. The van der Waals surface area contributed by atoms with Gasteiger partial charge in [-0.05, 0) is 13.3 Å². The Labute approximate surface area is 94.2 Å². The highest BCUT2D eigenvalue weighted by atomic mass is 32.2. The Kier molecular flexibility index (Phi) is 3.00. The molecule has 1 unspecified atom stereocenters. The Morgan fingerprint density at radius 2 is 2.47 bits per heavy atom. The number of amidine groups is 1. The van der Waals surface area contributed by atoms with E-state index in [2.05, 4.69) is 22.3 Å². The summed E-state index contributed by atoms with van der Waals surface area (Å²) >= 11 is 1.83. The zero-order valence-electron chi connectivity index (χ0n) is 9.32. The van der Waals surface area contributed by atoms with Gasteiger partial charge in [0.15, 0.2) is 5.17 Å². The molecule has 15 heavy (non-hydrogen) atoms. The number of thioether (sulfide) groups is 1. The minimum Gasteiger partial charge on any atom is -0.332 e. The molecule has 1 aromatic heterocycles. The van der Waals surface area contributed by atoms with Crippen LogP contribution in [0.1, 0.15) is 19.0 Å². The van der Waals surface area contributed by atoms with Crippen LogP contribution >= 0.6 is 11.8 Å². The van der Waals surface area contributed by atoms with Crippen molar-refractivity contribution in [2.75, 3.05) is 11.9 Å². The van der Waals surface area contributed by atoms with Gasteiger partial charge in [-0.2, -0.15) is 5.10 Å². The summed E-state index contributed by atoms with van der Waals surface area (Å²) in [5.74, 6) is 0. The van der Waals surface area contributed by atoms with Crippen molar-refractivity contribution in [3.05, 3.63) is 11.9 Å². The predicted molar refractivity (Wildman–Crippen MR) is 65.5 cm³/mol. The highest BCUT2D eigenvalue weighted by Crippen LogP contribution is 2.25. The van der Waals surface area contributed by atoms with Gasteiger partial charge >= 0.3 is 0 Å². The molecule has 5 heteroatoms. The lowest BCUT2D eigenvalue weighted by Gasteiger charge is -2.05. The second-order valence-corrected chi connectivity index (χ2v) is 5.01. The lowest BCUT2D eigenvalue weighted by atomic mass is 10.3. The number of nitrogens with zero attached hydrogens (tertiary/aromatic N) is 3. The zero-order chi connectivity index (χ0) is 10.8. The van der Waals surface area contributed by atoms with E-state index in [1.807, 2.05) is 36.6 Å². The maximum atomic E-state index is 4.47. The maximum Gasteiger partial charge on any atom is 0.161 e. The summed E-state index contributed by atoms with van der Waals surface area (Å²) in [7, 11) is 1.93. The summed E-state index contributed by atoms with van der Waals surface area (Å²) < 4.78 is 1.81. The maximum absolute atomic E-state index is 4.47. The van der Waals surface area contributed by atoms with Crippen molar-refractivity contribution in [3.63, 3.8) is 0 Å². The fourth-order valence-electron chi connectivity index (χ4n) is 1.54. The Bertz CT molecular complexity index is 383. The summed E-state index contributed by atoms with van der Waals surface area (Å²) in [6, 6.07) is 0. The van der Waals surface area contributed by atoms with Crippen LogP contribution in [0.3, 0.4) is 0 Å². The lowest BCUT2D eigenvalue weighted by molar-refractivity contribution is 0.756. The molecule has 0 aliphatic carbocycles. The monoisotopic (exact) mass is 224 g/mol. The van der Waals surface area contributed by atoms with Gasteiger partial charge in [0.05, 0.1) is 17.9 Å². The van der Waals surface area contributed by atoms with E-state index in [4.69, 9.17) is 0 Å². The lowest BCUT2D eigenvalue weighted by Crippen LogP contribution is -2.07. The minimum absolute atomic E-state index is 0.643. The van der Waals surface area contributed by atoms with Crippen LogP contribution in [-0.4, -0.2) is 26.7 Å². The Morgan fingerprint density at radius 1 is 1.67 bits per heavy atom. The van der Waals surface area contributed by atoms with E-state index in [9.17, 15) is 0 Å². The number of aliphatic imine (C=N–C) groups is 1. The molecular formula is C10H16N4S. The summed E-state index contributed by atoms with van der Waals surface area (Å²) in [5.41, 5.74) is 2.07. The van der Waals surface area contributed by atoms with E-state index in [0.29, 0.717) is 5.25 Å². The van der Waals surface area contributed by atoms with Crippen molar-refractivity contribution >= 4 is 22.6 Å². The number of aryl methyl sites for hydroxylation is 2. The first-order chi connectivity index (χ1) is 7.19. The second kappa shape index (κ2) is 4.26. The Morgan fingerprint density at radius 3 is 3.00 bits per heavy atom. The van der Waals surface area contributed by atoms with Crippen LogP contribution in [0.5, 0.6) is 0 Å². The van der Waals surface area contributed by atoms with Gasteiger partial charge in [0.1, 0.15) is 0 Å². The molecule has 0 spiro atoms. The van der Waals surface area contributed by atoms with Gasteiger partial charge in [0, 0.05) is 18.5 Å². The van der Waals surface area contributed by atoms with Gasteiger partial charge in [-0.15, -0.1) is 0 Å². The van der Waals surface area contributed by atoms with Crippen molar-refractivity contribution in [1.29, 1.82) is 0 Å². The van der Waals surface area contributed by atoms with Crippen LogP contribution < -0.4 is 5.32 Å².